The average molecular weight is 507 g/mol. The summed E-state index contributed by atoms with van der Waals surface area (Å²) >= 11 is 0. The van der Waals surface area contributed by atoms with Gasteiger partial charge in [0.05, 0.1) is 7.11 Å². The van der Waals surface area contributed by atoms with Gasteiger partial charge in [-0.05, 0) is 31.0 Å². The summed E-state index contributed by atoms with van der Waals surface area (Å²) in [6, 6.07) is 15.7. The van der Waals surface area contributed by atoms with E-state index in [2.05, 4.69) is 17.1 Å². The molecule has 7 nitrogen and oxygen atoms in total. The maximum absolute atomic E-state index is 13.0. The van der Waals surface area contributed by atoms with E-state index in [9.17, 15) is 9.59 Å². The van der Waals surface area contributed by atoms with Gasteiger partial charge in [0.15, 0.2) is 0 Å². The summed E-state index contributed by atoms with van der Waals surface area (Å²) in [7, 11) is 1.67. The van der Waals surface area contributed by atoms with Crippen LogP contribution in [0.25, 0.3) is 6.08 Å². The smallest absolute Gasteiger partial charge is 0.321 e. The summed E-state index contributed by atoms with van der Waals surface area (Å²) in [5.41, 5.74) is 2.91. The minimum absolute atomic E-state index is 0.0526. The molecule has 0 aromatic heterocycles. The molecule has 200 valence electrons. The van der Waals surface area contributed by atoms with Gasteiger partial charge in [-0.3, -0.25) is 9.69 Å². The number of carbonyl (C=O) groups excluding carboxylic acids is 2. The van der Waals surface area contributed by atoms with Gasteiger partial charge < -0.3 is 19.9 Å². The van der Waals surface area contributed by atoms with Gasteiger partial charge in [-0.25, -0.2) is 4.79 Å². The summed E-state index contributed by atoms with van der Waals surface area (Å²) in [4.78, 5) is 31.9. The van der Waals surface area contributed by atoms with Crippen molar-refractivity contribution in [3.05, 3.63) is 65.7 Å². The second-order valence-corrected chi connectivity index (χ2v) is 9.51. The van der Waals surface area contributed by atoms with Crippen LogP contribution in [0.1, 0.15) is 43.7 Å². The summed E-state index contributed by atoms with van der Waals surface area (Å²) < 4.78 is 5.44. The number of carbonyl (C=O) groups is 2. The zero-order valence-corrected chi connectivity index (χ0v) is 22.6. The first kappa shape index (κ1) is 28.3. The highest BCUT2D eigenvalue weighted by atomic mass is 16.5. The Morgan fingerprint density at radius 1 is 1.03 bits per heavy atom. The molecule has 0 aliphatic carbocycles. The topological polar surface area (TPSA) is 65.1 Å². The van der Waals surface area contributed by atoms with Crippen LogP contribution in [0, 0.1) is 6.92 Å². The van der Waals surface area contributed by atoms with E-state index in [0.29, 0.717) is 32.6 Å². The third-order valence-corrected chi connectivity index (χ3v) is 6.84. The molecule has 1 saturated heterocycles. The molecule has 1 fully saturated rings. The molecule has 3 amide bonds. The monoisotopic (exact) mass is 506 g/mol. The maximum Gasteiger partial charge on any atom is 0.321 e. The summed E-state index contributed by atoms with van der Waals surface area (Å²) in [5, 5.41) is 3.03. The molecule has 1 N–H and O–H groups in total. The zero-order valence-electron chi connectivity index (χ0n) is 22.6. The predicted octanol–water partition coefficient (Wildman–Crippen LogP) is 5.28. The summed E-state index contributed by atoms with van der Waals surface area (Å²) in [5.74, 6) is 1.03. The number of piperazine rings is 1. The second kappa shape index (κ2) is 15.1. The van der Waals surface area contributed by atoms with Crippen LogP contribution in [0.4, 0.5) is 10.5 Å². The molecule has 1 aliphatic rings. The number of hydrogen-bond acceptors (Lipinski definition) is 4. The van der Waals surface area contributed by atoms with E-state index in [0.717, 1.165) is 61.5 Å². The van der Waals surface area contributed by atoms with Crippen LogP contribution in [0.5, 0.6) is 5.75 Å². The molecule has 7 heteroatoms. The van der Waals surface area contributed by atoms with Crippen molar-refractivity contribution in [1.82, 2.24) is 14.7 Å². The van der Waals surface area contributed by atoms with E-state index in [4.69, 9.17) is 4.74 Å². The fourth-order valence-corrected chi connectivity index (χ4v) is 4.46. The Labute approximate surface area is 222 Å². The van der Waals surface area contributed by atoms with Gasteiger partial charge in [0, 0.05) is 63.5 Å². The molecular weight excluding hydrogens is 464 g/mol. The highest BCUT2D eigenvalue weighted by Crippen LogP contribution is 2.19. The Balaban J connectivity index is 1.51. The Hall–Kier alpha value is -3.32. The first-order valence-corrected chi connectivity index (χ1v) is 13.4. The number of urea groups is 1. The van der Waals surface area contributed by atoms with Crippen molar-refractivity contribution in [3.63, 3.8) is 0 Å². The van der Waals surface area contributed by atoms with E-state index in [-0.39, 0.29) is 11.9 Å². The van der Waals surface area contributed by atoms with Crippen LogP contribution in [0.2, 0.25) is 0 Å². The number of amides is 3. The van der Waals surface area contributed by atoms with Crippen LogP contribution in [0.3, 0.4) is 0 Å². The van der Waals surface area contributed by atoms with Crippen LogP contribution in [-0.4, -0.2) is 79.6 Å². The van der Waals surface area contributed by atoms with Crippen molar-refractivity contribution in [3.8, 4) is 5.75 Å². The first-order valence-electron chi connectivity index (χ1n) is 13.4. The number of anilines is 1. The number of benzene rings is 2. The Bertz CT molecular complexity index is 1030. The molecule has 0 radical (unpaired) electrons. The van der Waals surface area contributed by atoms with Gasteiger partial charge in [-0.1, -0.05) is 68.3 Å². The highest BCUT2D eigenvalue weighted by molar-refractivity contribution is 5.90. The second-order valence-electron chi connectivity index (χ2n) is 9.51. The van der Waals surface area contributed by atoms with Gasteiger partial charge in [-0.2, -0.15) is 0 Å². The third-order valence-electron chi connectivity index (χ3n) is 6.84. The van der Waals surface area contributed by atoms with E-state index in [1.165, 1.54) is 0 Å². The number of nitrogens with one attached hydrogen (secondary N) is 1. The molecule has 3 rings (SSSR count). The quantitative estimate of drug-likeness (QED) is 0.398. The lowest BCUT2D eigenvalue weighted by molar-refractivity contribution is -0.131. The number of nitrogens with zero attached hydrogens (tertiary/aromatic N) is 3. The van der Waals surface area contributed by atoms with E-state index < -0.39 is 0 Å². The van der Waals surface area contributed by atoms with Crippen molar-refractivity contribution in [2.24, 2.45) is 0 Å². The number of unbranched alkanes of at least 4 members (excludes halogenated alkanes) is 2. The molecular formula is C30H42N4O3. The van der Waals surface area contributed by atoms with Crippen molar-refractivity contribution in [2.75, 3.05) is 58.2 Å². The largest absolute Gasteiger partial charge is 0.496 e. The van der Waals surface area contributed by atoms with Crippen LogP contribution in [0.15, 0.2) is 54.6 Å². The molecule has 0 atom stereocenters. The van der Waals surface area contributed by atoms with Crippen LogP contribution < -0.4 is 10.1 Å². The Morgan fingerprint density at radius 2 is 1.76 bits per heavy atom. The van der Waals surface area contributed by atoms with Gasteiger partial charge in [0.1, 0.15) is 5.75 Å². The number of methoxy groups -OCH3 is 1. The number of para-hydroxylation sites is 2. The average Bonchev–Trinajstić information content (AvgIpc) is 2.92. The molecule has 2 aromatic rings. The molecule has 0 saturated carbocycles. The molecule has 1 heterocycles. The number of rotatable bonds is 12. The molecule has 0 bridgehead atoms. The van der Waals surface area contributed by atoms with Gasteiger partial charge >= 0.3 is 6.03 Å². The fourth-order valence-electron chi connectivity index (χ4n) is 4.46. The minimum atomic E-state index is -0.0526. The molecule has 0 unspecified atom stereocenters. The lowest BCUT2D eigenvalue weighted by atomic mass is 10.1. The number of aryl methyl sites for hydroxylation is 1. The van der Waals surface area contributed by atoms with E-state index in [1.807, 2.05) is 77.4 Å². The Morgan fingerprint density at radius 3 is 2.49 bits per heavy atom. The standard InChI is InChI=1S/C30H42N4O3/c1-4-5-6-17-29(35)33(18-11-14-26-13-8-10-16-28(26)37-3)22-19-32-20-23-34(24-21-32)30(36)31-27-15-9-7-12-25(27)2/h7-16H,4-6,17-24H2,1-3H3,(H,31,36)/b14-11+. The number of ether oxygens (including phenoxy) is 1. The minimum Gasteiger partial charge on any atom is -0.496 e. The molecule has 1 aliphatic heterocycles. The van der Waals surface area contributed by atoms with Gasteiger partial charge in [-0.15, -0.1) is 0 Å². The first-order chi connectivity index (χ1) is 18.0. The summed E-state index contributed by atoms with van der Waals surface area (Å²) in [6.07, 6.45) is 7.76. The predicted molar refractivity (Wildman–Crippen MR) is 151 cm³/mol. The third kappa shape index (κ3) is 8.93. The van der Waals surface area contributed by atoms with E-state index in [1.54, 1.807) is 7.11 Å². The lowest BCUT2D eigenvalue weighted by Gasteiger charge is -2.35. The fraction of sp³-hybridized carbons (Fsp3) is 0.467. The van der Waals surface area contributed by atoms with Crippen molar-refractivity contribution >= 4 is 23.7 Å². The number of hydrogen-bond donors (Lipinski definition) is 1. The van der Waals surface area contributed by atoms with Gasteiger partial charge in [0.2, 0.25) is 5.91 Å². The van der Waals surface area contributed by atoms with Gasteiger partial charge in [0.25, 0.3) is 0 Å². The van der Waals surface area contributed by atoms with E-state index >= 15 is 0 Å². The van der Waals surface area contributed by atoms with Crippen LogP contribution in [-0.2, 0) is 4.79 Å². The van der Waals surface area contributed by atoms with Crippen molar-refractivity contribution in [2.45, 2.75) is 39.5 Å². The summed E-state index contributed by atoms with van der Waals surface area (Å²) in [6.45, 7) is 9.15. The normalized spacial score (nSPS) is 14.1. The molecule has 37 heavy (non-hydrogen) atoms. The lowest BCUT2D eigenvalue weighted by Crippen LogP contribution is -2.51. The molecule has 2 aromatic carbocycles. The van der Waals surface area contributed by atoms with Crippen molar-refractivity contribution in [1.29, 1.82) is 0 Å². The molecule has 0 spiro atoms. The van der Waals surface area contributed by atoms with Crippen LogP contribution >= 0.6 is 0 Å². The SMILES string of the molecule is CCCCCC(=O)N(C/C=C/c1ccccc1OC)CCN1CCN(C(=O)Nc2ccccc2C)CC1. The zero-order chi connectivity index (χ0) is 26.5. The maximum atomic E-state index is 13.0. The Kier molecular flexibility index (Phi) is 11.5. The van der Waals surface area contributed by atoms with Crippen molar-refractivity contribution < 1.29 is 14.3 Å². The highest BCUT2D eigenvalue weighted by Gasteiger charge is 2.22.